The quantitative estimate of drug-likeness (QED) is 0.441. The molecule has 8 heteroatoms. The Labute approximate surface area is 129 Å². The Morgan fingerprint density at radius 2 is 1.00 bits per heavy atom. The van der Waals surface area contributed by atoms with E-state index in [1.807, 2.05) is 37.0 Å². The summed E-state index contributed by atoms with van der Waals surface area (Å²) in [5, 5.41) is 0. The summed E-state index contributed by atoms with van der Waals surface area (Å²) < 4.78 is 2.01. The van der Waals surface area contributed by atoms with Crippen molar-refractivity contribution in [3.63, 3.8) is 0 Å². The molecular formula is C9H20Cl5N2P. The van der Waals surface area contributed by atoms with Crippen molar-refractivity contribution in [2.45, 2.75) is 31.2 Å². The van der Waals surface area contributed by atoms with Gasteiger partial charge in [0.05, 0.1) is 0 Å². The van der Waals surface area contributed by atoms with E-state index in [4.69, 9.17) is 57.3 Å². The summed E-state index contributed by atoms with van der Waals surface area (Å²) in [6.45, 7) is 10.3. The standard InChI is InChI=1S/C9H20Cl5N2P/c1-5-15(6-2)17(13,14,9(10,11)12)16(7-3)8-4/h5-8H2,1-4H3. The van der Waals surface area contributed by atoms with E-state index in [9.17, 15) is 0 Å². The molecule has 0 amide bonds. The van der Waals surface area contributed by atoms with Gasteiger partial charge in [0.25, 0.3) is 0 Å². The Bertz CT molecular complexity index is 232. The molecule has 0 N–H and O–H groups in total. The van der Waals surface area contributed by atoms with Gasteiger partial charge in [-0.3, -0.25) is 0 Å². The summed E-state index contributed by atoms with van der Waals surface area (Å²) in [6, 6.07) is 0. The second kappa shape index (κ2) is 6.50. The van der Waals surface area contributed by atoms with Gasteiger partial charge in [0.1, 0.15) is 0 Å². The fourth-order valence-electron chi connectivity index (χ4n) is 1.91. The molecular weight excluding hydrogens is 344 g/mol. The van der Waals surface area contributed by atoms with Crippen LogP contribution in [-0.4, -0.2) is 39.1 Å². The van der Waals surface area contributed by atoms with Crippen molar-refractivity contribution in [3.8, 4) is 0 Å². The minimum atomic E-state index is -3.79. The molecule has 0 spiro atoms. The molecule has 0 radical (unpaired) electrons. The van der Waals surface area contributed by atoms with Crippen LogP contribution in [0.1, 0.15) is 27.7 Å². The molecule has 0 saturated heterocycles. The number of hydrogen-bond donors (Lipinski definition) is 0. The molecule has 0 rings (SSSR count). The van der Waals surface area contributed by atoms with Crippen LogP contribution in [0.2, 0.25) is 0 Å². The molecule has 0 aliphatic carbocycles. The van der Waals surface area contributed by atoms with Gasteiger partial charge < -0.3 is 0 Å². The van der Waals surface area contributed by atoms with Crippen LogP contribution in [0.15, 0.2) is 0 Å². The third-order valence-electron chi connectivity index (χ3n) is 2.84. The third-order valence-corrected chi connectivity index (χ3v) is 15.3. The van der Waals surface area contributed by atoms with E-state index in [0.717, 1.165) is 0 Å². The summed E-state index contributed by atoms with van der Waals surface area (Å²) in [6.07, 6.45) is 0. The molecule has 0 saturated carbocycles. The van der Waals surface area contributed by atoms with Gasteiger partial charge in [-0.05, 0) is 0 Å². The molecule has 0 fully saturated rings. The SMILES string of the molecule is CCN(CC)P(Cl)(Cl)(N(CC)CC)C(Cl)(Cl)Cl. The average Bonchev–Trinajstić information content (AvgIpc) is 2.18. The monoisotopic (exact) mass is 362 g/mol. The van der Waals surface area contributed by atoms with E-state index < -0.39 is 9.14 Å². The molecule has 2 nitrogen and oxygen atoms in total. The minimum absolute atomic E-state index is 0.631. The van der Waals surface area contributed by atoms with Gasteiger partial charge in [-0.25, -0.2) is 0 Å². The van der Waals surface area contributed by atoms with E-state index in [-0.39, 0.29) is 0 Å². The van der Waals surface area contributed by atoms with Crippen LogP contribution in [-0.2, 0) is 0 Å². The molecule has 0 aromatic rings. The summed E-state index contributed by atoms with van der Waals surface area (Å²) in [5.41, 5.74) is -3.79. The first-order chi connectivity index (χ1) is 7.60. The molecule has 0 aromatic heterocycles. The first-order valence-electron chi connectivity index (χ1n) is 5.62. The second-order valence-corrected chi connectivity index (χ2v) is 14.5. The first kappa shape index (κ1) is 18.8. The fourth-order valence-corrected chi connectivity index (χ4v) is 9.33. The summed E-state index contributed by atoms with van der Waals surface area (Å²) >= 11 is 31.9. The average molecular weight is 365 g/mol. The van der Waals surface area contributed by atoms with Crippen molar-refractivity contribution in [1.82, 2.24) is 9.34 Å². The van der Waals surface area contributed by atoms with Crippen LogP contribution >= 0.6 is 62.9 Å². The fraction of sp³-hybridized carbons (Fsp3) is 1.00. The van der Waals surface area contributed by atoms with Crippen molar-refractivity contribution in [2.24, 2.45) is 0 Å². The maximum absolute atomic E-state index is 6.76. The van der Waals surface area contributed by atoms with Crippen molar-refractivity contribution >= 4 is 62.9 Å². The normalized spacial score (nSPS) is 16.3. The predicted octanol–water partition coefficient (Wildman–Crippen LogP) is 5.69. The van der Waals surface area contributed by atoms with Gasteiger partial charge in [-0.1, -0.05) is 0 Å². The van der Waals surface area contributed by atoms with Crippen molar-refractivity contribution in [1.29, 1.82) is 0 Å². The first-order valence-corrected chi connectivity index (χ1v) is 10.7. The Kier molecular flexibility index (Phi) is 7.19. The number of alkyl halides is 3. The Morgan fingerprint density at radius 1 is 0.765 bits per heavy atom. The molecule has 0 aromatic carbocycles. The predicted molar refractivity (Wildman–Crippen MR) is 84.8 cm³/mol. The number of rotatable bonds is 6. The number of hydrogen-bond acceptors (Lipinski definition) is 2. The van der Waals surface area contributed by atoms with Crippen molar-refractivity contribution in [3.05, 3.63) is 0 Å². The molecule has 0 heterocycles. The van der Waals surface area contributed by atoms with Crippen LogP contribution in [0.3, 0.4) is 0 Å². The number of halogens is 5. The molecule has 0 unspecified atom stereocenters. The molecule has 0 aliphatic heterocycles. The van der Waals surface area contributed by atoms with Crippen molar-refractivity contribution < 1.29 is 0 Å². The van der Waals surface area contributed by atoms with E-state index in [1.54, 1.807) is 0 Å². The molecule has 0 bridgehead atoms. The summed E-state index contributed by atoms with van der Waals surface area (Å²) in [7, 11) is 0. The second-order valence-electron chi connectivity index (χ2n) is 3.57. The van der Waals surface area contributed by atoms with E-state index in [2.05, 4.69) is 0 Å². The van der Waals surface area contributed by atoms with Crippen LogP contribution in [0.4, 0.5) is 0 Å². The Balaban J connectivity index is 5.81. The zero-order valence-electron chi connectivity index (χ0n) is 10.6. The third kappa shape index (κ3) is 3.11. The van der Waals surface area contributed by atoms with E-state index in [0.29, 0.717) is 26.2 Å². The van der Waals surface area contributed by atoms with Crippen molar-refractivity contribution in [2.75, 3.05) is 26.2 Å². The Morgan fingerprint density at radius 3 is 1.12 bits per heavy atom. The van der Waals surface area contributed by atoms with Gasteiger partial charge in [-0.15, -0.1) is 0 Å². The maximum atomic E-state index is 6.76. The van der Waals surface area contributed by atoms with Gasteiger partial charge in [0.15, 0.2) is 0 Å². The summed E-state index contributed by atoms with van der Waals surface area (Å²) in [5.74, 6) is 0. The van der Waals surface area contributed by atoms with E-state index >= 15 is 0 Å². The molecule has 0 atom stereocenters. The molecule has 17 heavy (non-hydrogen) atoms. The molecule has 0 aliphatic rings. The zero-order chi connectivity index (χ0) is 13.9. The van der Waals surface area contributed by atoms with Crippen LogP contribution < -0.4 is 0 Å². The van der Waals surface area contributed by atoms with Gasteiger partial charge >= 0.3 is 130 Å². The summed E-state index contributed by atoms with van der Waals surface area (Å²) in [4.78, 5) is 0. The number of nitrogens with zero attached hydrogens (tertiary/aromatic N) is 2. The molecule has 106 valence electrons. The van der Waals surface area contributed by atoms with Crippen LogP contribution in [0.5, 0.6) is 0 Å². The van der Waals surface area contributed by atoms with E-state index in [1.165, 1.54) is 0 Å². The van der Waals surface area contributed by atoms with Gasteiger partial charge in [0, 0.05) is 0 Å². The van der Waals surface area contributed by atoms with Crippen LogP contribution in [0.25, 0.3) is 0 Å². The Hall–Kier alpha value is 1.80. The van der Waals surface area contributed by atoms with Crippen LogP contribution in [0, 0.1) is 0 Å². The van der Waals surface area contributed by atoms with Gasteiger partial charge in [0.2, 0.25) is 0 Å². The zero-order valence-corrected chi connectivity index (χ0v) is 15.2. The topological polar surface area (TPSA) is 6.48 Å². The van der Waals surface area contributed by atoms with Gasteiger partial charge in [-0.2, -0.15) is 0 Å².